The predicted octanol–water partition coefficient (Wildman–Crippen LogP) is 27.4. The third-order valence-corrected chi connectivity index (χ3v) is 17.7. The van der Waals surface area contributed by atoms with Gasteiger partial charge in [0.2, 0.25) is 0 Å². The molecule has 5 aliphatic rings. The Morgan fingerprint density at radius 1 is 0.387 bits per heavy atom. The summed E-state index contributed by atoms with van der Waals surface area (Å²) in [4.78, 5) is 19.3. The van der Waals surface area contributed by atoms with E-state index >= 15 is 0 Å². The second-order valence-corrected chi connectivity index (χ2v) is 27.8. The average Bonchev–Trinajstić information content (AvgIpc) is 1.68. The molecule has 6 heterocycles. The molecule has 0 saturated carbocycles. The van der Waals surface area contributed by atoms with Crippen molar-refractivity contribution in [2.75, 3.05) is 39.3 Å². The van der Waals surface area contributed by atoms with Gasteiger partial charge in [-0.05, 0) is 197 Å². The van der Waals surface area contributed by atoms with Gasteiger partial charge in [0.05, 0.1) is 12.6 Å². The maximum Gasteiger partial charge on any atom is 0.102 e. The van der Waals surface area contributed by atoms with E-state index in [1.807, 2.05) is 89.3 Å². The molecule has 93 heavy (non-hydrogen) atoms. The van der Waals surface area contributed by atoms with E-state index in [1.165, 1.54) is 110 Å². The highest BCUT2D eigenvalue weighted by molar-refractivity contribution is 5.86. The van der Waals surface area contributed by atoms with Gasteiger partial charge in [-0.1, -0.05) is 280 Å². The highest BCUT2D eigenvalue weighted by Gasteiger charge is 2.39. The smallest absolute Gasteiger partial charge is 0.102 e. The minimum Gasteiger partial charge on any atom is -0.355 e. The molecule has 4 unspecified atom stereocenters. The Hall–Kier alpha value is -3.06. The van der Waals surface area contributed by atoms with Gasteiger partial charge in [-0.3, -0.25) is 14.9 Å². The first-order valence-corrected chi connectivity index (χ1v) is 37.8. The number of pyridine rings is 1. The van der Waals surface area contributed by atoms with Gasteiger partial charge in [0.1, 0.15) is 5.84 Å². The molecular formula is C87H176N6. The van der Waals surface area contributed by atoms with E-state index in [1.54, 1.807) is 0 Å². The first kappa shape index (κ1) is 106. The number of amidine groups is 1. The molecule has 8 rings (SSSR count). The Labute approximate surface area is 590 Å². The summed E-state index contributed by atoms with van der Waals surface area (Å²) in [5, 5.41) is 0. The minimum atomic E-state index is 0. The minimum absolute atomic E-state index is 0. The largest absolute Gasteiger partial charge is 0.355 e. The summed E-state index contributed by atoms with van der Waals surface area (Å²) in [7, 11) is 0. The van der Waals surface area contributed by atoms with E-state index in [-0.39, 0.29) is 29.7 Å². The molecule has 0 bridgehead atoms. The van der Waals surface area contributed by atoms with E-state index in [0.29, 0.717) is 41.5 Å². The molecule has 0 aliphatic carbocycles. The molecule has 3 aromatic rings. The van der Waals surface area contributed by atoms with Gasteiger partial charge in [0.15, 0.2) is 0 Å². The van der Waals surface area contributed by atoms with Crippen LogP contribution in [0, 0.1) is 41.4 Å². The first-order valence-electron chi connectivity index (χ1n) is 37.8. The van der Waals surface area contributed by atoms with Crippen molar-refractivity contribution in [2.45, 2.75) is 378 Å². The van der Waals surface area contributed by atoms with Gasteiger partial charge < -0.3 is 14.7 Å². The highest BCUT2D eigenvalue weighted by Crippen LogP contribution is 2.34. The van der Waals surface area contributed by atoms with E-state index < -0.39 is 0 Å². The maximum absolute atomic E-state index is 4.66. The standard InChI is InChI=1S/C14H21N.C12H22N2.C12H18.C11H17N.2C11H23N.6C2H6.4CH4/c1-10(2)12-5-6-13-8-15(11(3)4)9-14(13)7-12;1-8(2)10-5-11-6-13-12(9(3)4)14(11)7-10;1-9(2)11-7-5-6-8-12(11)10(3)4;1-8(2)10-5-6-12-11(7-10)9(3)4;2*1-9(2)11-6-5-7-12(8-11)10(3)4;6*1-2;;;;/h5-7,10-11H,8-9H2,1-4H3;8-11H,5-7H2,1-4H3;5-10H,1-4H3;5-9H,1-4H3;2*9-11H,5-8H2,1-4H3;6*1-2H3;4*1H4. The van der Waals surface area contributed by atoms with Crippen molar-refractivity contribution in [1.82, 2.24) is 24.6 Å². The van der Waals surface area contributed by atoms with E-state index in [2.05, 4.69) is 250 Å². The summed E-state index contributed by atoms with van der Waals surface area (Å²) >= 11 is 0. The molecule has 3 fully saturated rings. The lowest BCUT2D eigenvalue weighted by Gasteiger charge is -2.37. The highest BCUT2D eigenvalue weighted by atomic mass is 15.3. The van der Waals surface area contributed by atoms with Crippen LogP contribution in [0.1, 0.15) is 380 Å². The van der Waals surface area contributed by atoms with Crippen LogP contribution in [0.25, 0.3) is 0 Å². The van der Waals surface area contributed by atoms with Crippen LogP contribution in [0.2, 0.25) is 0 Å². The van der Waals surface area contributed by atoms with Crippen LogP contribution in [-0.4, -0.2) is 93.9 Å². The van der Waals surface area contributed by atoms with Crippen molar-refractivity contribution in [3.05, 3.63) is 99.9 Å². The number of likely N-dealkylation sites (tertiary alicyclic amines) is 2. The third-order valence-electron chi connectivity index (χ3n) is 17.7. The summed E-state index contributed by atoms with van der Waals surface area (Å²) in [6.45, 7) is 88.6. The quantitative estimate of drug-likeness (QED) is 0.181. The SMILES string of the molecule is C.C.C.C.CC.CC.CC.CC.CC.CC.CC(C)C1=NCC2CC(C(C)C)CN12.CC(C)C1CCCN(C(C)C)C1.CC(C)C1CCCN(C(C)C)C1.CC(C)c1ccc2c(c1)CN(C(C)C)C2.CC(C)c1ccccc1C(C)C.CC(C)c1ccnc(C(C)C)c1. The lowest BCUT2D eigenvalue weighted by Crippen LogP contribution is -2.41. The van der Waals surface area contributed by atoms with Gasteiger partial charge in [0, 0.05) is 68.7 Å². The summed E-state index contributed by atoms with van der Waals surface area (Å²) in [5.74, 6) is 10.4. The molecular weight excluding hydrogens is 1130 g/mol. The van der Waals surface area contributed by atoms with Crippen molar-refractivity contribution < 1.29 is 0 Å². The van der Waals surface area contributed by atoms with E-state index in [9.17, 15) is 0 Å². The van der Waals surface area contributed by atoms with Crippen molar-refractivity contribution in [2.24, 2.45) is 46.4 Å². The normalized spacial score (nSPS) is 17.6. The number of hydrogen-bond donors (Lipinski definition) is 0. The zero-order valence-electron chi connectivity index (χ0n) is 66.9. The van der Waals surface area contributed by atoms with Crippen molar-refractivity contribution in [3.63, 3.8) is 0 Å². The monoisotopic (exact) mass is 1310 g/mol. The number of benzene rings is 2. The van der Waals surface area contributed by atoms with Crippen molar-refractivity contribution in [3.8, 4) is 0 Å². The fourth-order valence-electron chi connectivity index (χ4n) is 11.7. The Balaban J connectivity index is -0.000000149. The van der Waals surface area contributed by atoms with Crippen LogP contribution in [0.4, 0.5) is 0 Å². The van der Waals surface area contributed by atoms with E-state index in [0.717, 1.165) is 73.3 Å². The molecule has 6 heteroatoms. The molecule has 0 N–H and O–H groups in total. The number of piperidine rings is 2. The first-order chi connectivity index (χ1) is 42.1. The molecule has 5 aliphatic heterocycles. The second kappa shape index (κ2) is 61.3. The fraction of sp³-hybridized carbons (Fsp3) is 0.793. The molecule has 2 aromatic carbocycles. The number of nitrogens with zero attached hydrogens (tertiary/aromatic N) is 6. The molecule has 6 nitrogen and oxygen atoms in total. The second-order valence-electron chi connectivity index (χ2n) is 27.8. The number of rotatable bonds is 12. The van der Waals surface area contributed by atoms with Crippen LogP contribution in [0.15, 0.2) is 65.8 Å². The van der Waals surface area contributed by atoms with Crippen molar-refractivity contribution in [1.29, 1.82) is 0 Å². The summed E-state index contributed by atoms with van der Waals surface area (Å²) in [5.41, 5.74) is 10.1. The van der Waals surface area contributed by atoms with Gasteiger partial charge >= 0.3 is 0 Å². The Morgan fingerprint density at radius 3 is 1.12 bits per heavy atom. The van der Waals surface area contributed by atoms with Gasteiger partial charge in [-0.2, -0.15) is 0 Å². The number of fused-ring (bicyclic) bond motifs is 2. The summed E-state index contributed by atoms with van der Waals surface area (Å²) in [6.07, 6.45) is 8.96. The molecule has 554 valence electrons. The third kappa shape index (κ3) is 41.1. The van der Waals surface area contributed by atoms with Gasteiger partial charge in [-0.15, -0.1) is 0 Å². The molecule has 0 amide bonds. The zero-order valence-corrected chi connectivity index (χ0v) is 66.9. The Kier molecular flexibility index (Phi) is 69.8. The Morgan fingerprint density at radius 2 is 0.774 bits per heavy atom. The topological polar surface area (TPSA) is 38.2 Å². The van der Waals surface area contributed by atoms with Crippen LogP contribution in [0.5, 0.6) is 0 Å². The number of aromatic nitrogens is 1. The summed E-state index contributed by atoms with van der Waals surface area (Å²) < 4.78 is 0. The average molecular weight is 1310 g/mol. The lowest BCUT2D eigenvalue weighted by molar-refractivity contribution is 0.117. The van der Waals surface area contributed by atoms with Gasteiger partial charge in [0.25, 0.3) is 0 Å². The summed E-state index contributed by atoms with van der Waals surface area (Å²) in [6, 6.07) is 22.9. The zero-order chi connectivity index (χ0) is 69.8. The van der Waals surface area contributed by atoms with Gasteiger partial charge in [-0.25, -0.2) is 0 Å². The van der Waals surface area contributed by atoms with Crippen molar-refractivity contribution >= 4 is 5.84 Å². The van der Waals surface area contributed by atoms with Crippen LogP contribution in [0.3, 0.4) is 0 Å². The fourth-order valence-corrected chi connectivity index (χ4v) is 11.7. The molecule has 1 aromatic heterocycles. The van der Waals surface area contributed by atoms with Crippen LogP contribution < -0.4 is 0 Å². The lowest BCUT2D eigenvalue weighted by atomic mass is 9.87. The van der Waals surface area contributed by atoms with Crippen LogP contribution >= 0.6 is 0 Å². The molecule has 0 radical (unpaired) electrons. The van der Waals surface area contributed by atoms with E-state index in [4.69, 9.17) is 0 Å². The molecule has 4 atom stereocenters. The number of aliphatic imine (C=N–C) groups is 1. The predicted molar refractivity (Wildman–Crippen MR) is 436 cm³/mol. The maximum atomic E-state index is 4.66. The molecule has 0 spiro atoms. The number of hydrogen-bond acceptors (Lipinski definition) is 6. The molecule has 3 saturated heterocycles. The van der Waals surface area contributed by atoms with Crippen LogP contribution in [-0.2, 0) is 13.1 Å². The Bertz CT molecular complexity index is 2000.